The lowest BCUT2D eigenvalue weighted by atomic mass is 10.2. The molecular weight excluding hydrogens is 180 g/mol. The monoisotopic (exact) mass is 214 g/mol. The molecule has 0 atom stereocenters. The van der Waals surface area contributed by atoms with E-state index in [1.54, 1.807) is 6.08 Å². The highest BCUT2D eigenvalue weighted by atomic mass is 13.8. The van der Waals surface area contributed by atoms with Gasteiger partial charge < -0.3 is 0 Å². The molecule has 0 bridgehead atoms. The molecule has 0 heteroatoms. The van der Waals surface area contributed by atoms with E-state index < -0.39 is 0 Å². The maximum absolute atomic E-state index is 3.56. The van der Waals surface area contributed by atoms with Crippen LogP contribution >= 0.6 is 0 Å². The molecule has 0 aliphatic heterocycles. The zero-order valence-electron chi connectivity index (χ0n) is 12.4. The van der Waals surface area contributed by atoms with Gasteiger partial charge in [-0.25, -0.2) is 0 Å². The highest BCUT2D eigenvalue weighted by Crippen LogP contribution is 1.92. The molecule has 0 N–H and O–H groups in total. The molecule has 0 aromatic heterocycles. The van der Waals surface area contributed by atoms with Crippen molar-refractivity contribution in [2.75, 3.05) is 0 Å². The SMILES string of the molecule is C=CC.C=CC(C)C=C.CC.CC.CC. The summed E-state index contributed by atoms with van der Waals surface area (Å²) >= 11 is 0. The van der Waals surface area contributed by atoms with Crippen molar-refractivity contribution in [3.05, 3.63) is 38.0 Å². The summed E-state index contributed by atoms with van der Waals surface area (Å²) in [6.07, 6.45) is 5.46. The second kappa shape index (κ2) is 72.4. The molecule has 0 fully saturated rings. The van der Waals surface area contributed by atoms with E-state index in [9.17, 15) is 0 Å². The van der Waals surface area contributed by atoms with Gasteiger partial charge in [-0.15, -0.1) is 19.7 Å². The van der Waals surface area contributed by atoms with Crippen LogP contribution in [0.4, 0.5) is 0 Å². The van der Waals surface area contributed by atoms with Crippen LogP contribution in [-0.4, -0.2) is 0 Å². The average Bonchev–Trinajstić information content (AvgIpc) is 2.36. The van der Waals surface area contributed by atoms with Gasteiger partial charge in [-0.2, -0.15) is 0 Å². The van der Waals surface area contributed by atoms with E-state index in [4.69, 9.17) is 0 Å². The fourth-order valence-electron chi connectivity index (χ4n) is 0.0962. The van der Waals surface area contributed by atoms with E-state index in [1.807, 2.05) is 67.5 Å². The highest BCUT2D eigenvalue weighted by molar-refractivity contribution is 4.87. The van der Waals surface area contributed by atoms with Gasteiger partial charge in [0, 0.05) is 0 Å². The second-order valence-electron chi connectivity index (χ2n) is 1.74. The Kier molecular flexibility index (Phi) is 141. The third kappa shape index (κ3) is 161. The molecule has 94 valence electrons. The molecule has 0 aromatic rings. The lowest BCUT2D eigenvalue weighted by molar-refractivity contribution is 0.948. The van der Waals surface area contributed by atoms with Crippen molar-refractivity contribution in [1.29, 1.82) is 0 Å². The van der Waals surface area contributed by atoms with Gasteiger partial charge in [-0.05, 0) is 12.8 Å². The molecule has 0 saturated carbocycles. The van der Waals surface area contributed by atoms with Gasteiger partial charge in [0.25, 0.3) is 0 Å². The van der Waals surface area contributed by atoms with Crippen molar-refractivity contribution in [2.45, 2.75) is 55.4 Å². The lowest BCUT2D eigenvalue weighted by Crippen LogP contribution is -1.75. The Labute approximate surface area is 99.8 Å². The Morgan fingerprint density at radius 2 is 0.867 bits per heavy atom. The van der Waals surface area contributed by atoms with E-state index in [0.29, 0.717) is 5.92 Å². The van der Waals surface area contributed by atoms with Crippen LogP contribution in [0.3, 0.4) is 0 Å². The summed E-state index contributed by atoms with van der Waals surface area (Å²) in [5.41, 5.74) is 0. The summed E-state index contributed by atoms with van der Waals surface area (Å²) in [6.45, 7) is 26.4. The molecule has 0 aromatic carbocycles. The van der Waals surface area contributed by atoms with E-state index in [1.165, 1.54) is 0 Å². The quantitative estimate of drug-likeness (QED) is 0.475. The largest absolute Gasteiger partial charge is 0.103 e. The Balaban J connectivity index is -0.0000000318. The maximum atomic E-state index is 3.56. The Hall–Kier alpha value is -0.780. The molecule has 0 nitrogen and oxygen atoms in total. The molecule has 15 heavy (non-hydrogen) atoms. The normalized spacial score (nSPS) is 5.40. The van der Waals surface area contributed by atoms with Crippen molar-refractivity contribution in [1.82, 2.24) is 0 Å². The highest BCUT2D eigenvalue weighted by Gasteiger charge is 1.78. The van der Waals surface area contributed by atoms with E-state index in [-0.39, 0.29) is 0 Å². The molecule has 0 unspecified atom stereocenters. The van der Waals surface area contributed by atoms with E-state index in [2.05, 4.69) is 19.7 Å². The maximum Gasteiger partial charge on any atom is -0.00872 e. The van der Waals surface area contributed by atoms with Crippen molar-refractivity contribution in [2.24, 2.45) is 5.92 Å². The number of allylic oxidation sites excluding steroid dienone is 3. The van der Waals surface area contributed by atoms with Gasteiger partial charge in [0.2, 0.25) is 0 Å². The first kappa shape index (κ1) is 29.2. The molecular formula is C15H34. The summed E-state index contributed by atoms with van der Waals surface area (Å²) < 4.78 is 0. The van der Waals surface area contributed by atoms with Crippen molar-refractivity contribution >= 4 is 0 Å². The van der Waals surface area contributed by atoms with Gasteiger partial charge in [0.1, 0.15) is 0 Å². The first-order valence-electron chi connectivity index (χ1n) is 6.05. The molecule has 0 rings (SSSR count). The molecule has 0 heterocycles. The third-order valence-corrected chi connectivity index (χ3v) is 0.744. The van der Waals surface area contributed by atoms with Crippen LogP contribution in [0, 0.1) is 5.92 Å². The van der Waals surface area contributed by atoms with Gasteiger partial charge in [0.05, 0.1) is 0 Å². The number of hydrogen-bond donors (Lipinski definition) is 0. The average molecular weight is 214 g/mol. The minimum Gasteiger partial charge on any atom is -0.103 e. The lowest BCUT2D eigenvalue weighted by Gasteiger charge is -1.88. The van der Waals surface area contributed by atoms with Crippen LogP contribution in [0.1, 0.15) is 55.4 Å². The smallest absolute Gasteiger partial charge is 0.00872 e. The topological polar surface area (TPSA) is 0 Å². The van der Waals surface area contributed by atoms with E-state index in [0.717, 1.165) is 0 Å². The molecule has 0 saturated heterocycles. The van der Waals surface area contributed by atoms with Crippen LogP contribution in [0.5, 0.6) is 0 Å². The first-order valence-corrected chi connectivity index (χ1v) is 6.05. The van der Waals surface area contributed by atoms with Crippen LogP contribution < -0.4 is 0 Å². The van der Waals surface area contributed by atoms with Crippen LogP contribution in [0.2, 0.25) is 0 Å². The van der Waals surface area contributed by atoms with Crippen LogP contribution in [0.15, 0.2) is 38.0 Å². The van der Waals surface area contributed by atoms with Crippen LogP contribution in [0.25, 0.3) is 0 Å². The van der Waals surface area contributed by atoms with Crippen molar-refractivity contribution in [3.63, 3.8) is 0 Å². The zero-order chi connectivity index (χ0) is 13.7. The molecule has 0 amide bonds. The molecule has 0 aliphatic carbocycles. The minimum absolute atomic E-state index is 0.463. The number of rotatable bonds is 2. The Bertz CT molecular complexity index is 72.0. The third-order valence-electron chi connectivity index (χ3n) is 0.744. The summed E-state index contributed by atoms with van der Waals surface area (Å²) in [5, 5.41) is 0. The van der Waals surface area contributed by atoms with Gasteiger partial charge >= 0.3 is 0 Å². The van der Waals surface area contributed by atoms with E-state index >= 15 is 0 Å². The summed E-state index contributed by atoms with van der Waals surface area (Å²) in [4.78, 5) is 0. The van der Waals surface area contributed by atoms with Gasteiger partial charge in [0.15, 0.2) is 0 Å². The molecule has 0 aliphatic rings. The Morgan fingerprint density at radius 3 is 0.867 bits per heavy atom. The first-order chi connectivity index (χ1) is 7.22. The predicted octanol–water partition coefficient (Wildman–Crippen LogP) is 6.27. The molecule has 0 spiro atoms. The summed E-state index contributed by atoms with van der Waals surface area (Å²) in [6, 6.07) is 0. The van der Waals surface area contributed by atoms with Gasteiger partial charge in [-0.3, -0.25) is 0 Å². The minimum atomic E-state index is 0.463. The standard InChI is InChI=1S/C6H10.C3H6.3C2H6/c1-4-6(3)5-2;1-3-2;3*1-2/h4-6H,1-2H2,3H3;3H,1H2,2H3;3*1-2H3. The summed E-state index contributed by atoms with van der Waals surface area (Å²) in [7, 11) is 0. The Morgan fingerprint density at radius 1 is 0.733 bits per heavy atom. The zero-order valence-corrected chi connectivity index (χ0v) is 12.4. The second-order valence-corrected chi connectivity index (χ2v) is 1.74. The summed E-state index contributed by atoms with van der Waals surface area (Å²) in [5.74, 6) is 0.463. The number of hydrogen-bond acceptors (Lipinski definition) is 0. The van der Waals surface area contributed by atoms with Crippen molar-refractivity contribution in [3.8, 4) is 0 Å². The van der Waals surface area contributed by atoms with Gasteiger partial charge in [-0.1, -0.05) is 66.7 Å². The fraction of sp³-hybridized carbons (Fsp3) is 0.600. The van der Waals surface area contributed by atoms with Crippen molar-refractivity contribution < 1.29 is 0 Å². The fourth-order valence-corrected chi connectivity index (χ4v) is 0.0962. The molecule has 0 radical (unpaired) electrons. The predicted molar refractivity (Wildman–Crippen MR) is 79.5 cm³/mol. The van der Waals surface area contributed by atoms with Crippen LogP contribution in [-0.2, 0) is 0 Å².